The van der Waals surface area contributed by atoms with Crippen LogP contribution in [0.5, 0.6) is 0 Å². The average molecular weight is 249 g/mol. The van der Waals surface area contributed by atoms with Crippen molar-refractivity contribution in [3.8, 4) is 0 Å². The Kier molecular flexibility index (Phi) is 4.50. The van der Waals surface area contributed by atoms with Crippen molar-refractivity contribution in [2.75, 3.05) is 0 Å². The Morgan fingerprint density at radius 3 is 2.72 bits per heavy atom. The molecule has 1 amide bonds. The Morgan fingerprint density at radius 2 is 2.06 bits per heavy atom. The Balaban J connectivity index is 1.88. The Hall–Kier alpha value is -1.65. The van der Waals surface area contributed by atoms with Gasteiger partial charge >= 0.3 is 5.69 Å². The maximum atomic E-state index is 11.8. The van der Waals surface area contributed by atoms with Gasteiger partial charge in [0.1, 0.15) is 6.54 Å². The number of carbonyl (C=O) groups excluding carboxylic acids is 1. The fourth-order valence-corrected chi connectivity index (χ4v) is 2.36. The van der Waals surface area contributed by atoms with E-state index in [0.717, 1.165) is 12.8 Å². The van der Waals surface area contributed by atoms with Crippen molar-refractivity contribution in [1.82, 2.24) is 14.9 Å². The topological polar surface area (TPSA) is 64.0 Å². The van der Waals surface area contributed by atoms with E-state index in [9.17, 15) is 9.59 Å². The lowest BCUT2D eigenvalue weighted by atomic mass is 10.1. The summed E-state index contributed by atoms with van der Waals surface area (Å²) in [6.45, 7) is 0.0587. The van der Waals surface area contributed by atoms with E-state index in [4.69, 9.17) is 0 Å². The number of nitrogens with zero attached hydrogens (tertiary/aromatic N) is 2. The lowest BCUT2D eigenvalue weighted by Gasteiger charge is -2.16. The van der Waals surface area contributed by atoms with Gasteiger partial charge in [0, 0.05) is 18.4 Å². The summed E-state index contributed by atoms with van der Waals surface area (Å²) in [5.41, 5.74) is -0.381. The molecule has 1 heterocycles. The smallest absolute Gasteiger partial charge is 0.347 e. The molecule has 2 rings (SSSR count). The van der Waals surface area contributed by atoms with Gasteiger partial charge in [-0.3, -0.25) is 9.36 Å². The number of nitrogens with one attached hydrogen (secondary N) is 1. The second-order valence-electron chi connectivity index (χ2n) is 4.79. The van der Waals surface area contributed by atoms with E-state index < -0.39 is 0 Å². The van der Waals surface area contributed by atoms with Gasteiger partial charge in [0.2, 0.25) is 5.91 Å². The molecule has 1 N–H and O–H groups in total. The number of hydrogen-bond donors (Lipinski definition) is 1. The Bertz CT molecular complexity index is 448. The first-order valence-corrected chi connectivity index (χ1v) is 6.56. The lowest BCUT2D eigenvalue weighted by Crippen LogP contribution is -2.38. The molecule has 0 bridgehead atoms. The van der Waals surface area contributed by atoms with E-state index in [1.807, 2.05) is 0 Å². The third kappa shape index (κ3) is 3.68. The van der Waals surface area contributed by atoms with Crippen LogP contribution < -0.4 is 11.0 Å². The fraction of sp³-hybridized carbons (Fsp3) is 0.615. The molecule has 0 atom stereocenters. The van der Waals surface area contributed by atoms with Gasteiger partial charge in [-0.05, 0) is 18.9 Å². The van der Waals surface area contributed by atoms with Crippen molar-refractivity contribution in [1.29, 1.82) is 0 Å². The highest BCUT2D eigenvalue weighted by molar-refractivity contribution is 5.76. The Labute approximate surface area is 106 Å². The molecule has 1 aromatic rings. The third-order valence-electron chi connectivity index (χ3n) is 3.32. The van der Waals surface area contributed by atoms with E-state index in [1.165, 1.54) is 36.4 Å². The van der Waals surface area contributed by atoms with Crippen LogP contribution in [0.15, 0.2) is 23.3 Å². The molecule has 1 aliphatic carbocycles. The molecule has 1 saturated carbocycles. The highest BCUT2D eigenvalue weighted by Gasteiger charge is 2.14. The van der Waals surface area contributed by atoms with Crippen molar-refractivity contribution < 1.29 is 4.79 Å². The van der Waals surface area contributed by atoms with E-state index in [1.54, 1.807) is 12.3 Å². The Morgan fingerprint density at radius 1 is 1.33 bits per heavy atom. The van der Waals surface area contributed by atoms with Crippen molar-refractivity contribution in [3.05, 3.63) is 28.9 Å². The molecule has 1 aliphatic rings. The number of aromatic nitrogens is 2. The summed E-state index contributed by atoms with van der Waals surface area (Å²) < 4.78 is 1.33. The van der Waals surface area contributed by atoms with Gasteiger partial charge in [0.25, 0.3) is 0 Å². The molecule has 5 heteroatoms. The van der Waals surface area contributed by atoms with Gasteiger partial charge < -0.3 is 5.32 Å². The minimum atomic E-state index is -0.381. The van der Waals surface area contributed by atoms with Crippen LogP contribution in [0.2, 0.25) is 0 Å². The molecular weight excluding hydrogens is 230 g/mol. The van der Waals surface area contributed by atoms with Gasteiger partial charge in [-0.1, -0.05) is 25.7 Å². The third-order valence-corrected chi connectivity index (χ3v) is 3.32. The highest BCUT2D eigenvalue weighted by Crippen LogP contribution is 2.16. The quantitative estimate of drug-likeness (QED) is 0.815. The van der Waals surface area contributed by atoms with Crippen molar-refractivity contribution >= 4 is 5.91 Å². The van der Waals surface area contributed by atoms with Crippen LogP contribution in [-0.4, -0.2) is 21.5 Å². The van der Waals surface area contributed by atoms with Gasteiger partial charge in [0.05, 0.1) is 0 Å². The molecule has 0 aromatic carbocycles. The molecule has 0 aliphatic heterocycles. The second kappa shape index (κ2) is 6.33. The van der Waals surface area contributed by atoms with Crippen molar-refractivity contribution in [2.24, 2.45) is 0 Å². The van der Waals surface area contributed by atoms with Gasteiger partial charge in [-0.15, -0.1) is 0 Å². The number of rotatable bonds is 3. The molecular formula is C13H19N3O2. The molecule has 0 unspecified atom stereocenters. The van der Waals surface area contributed by atoms with Gasteiger partial charge in [-0.25, -0.2) is 9.78 Å². The van der Waals surface area contributed by atoms with Crippen LogP contribution >= 0.6 is 0 Å². The zero-order chi connectivity index (χ0) is 12.8. The van der Waals surface area contributed by atoms with E-state index in [-0.39, 0.29) is 24.2 Å². The lowest BCUT2D eigenvalue weighted by molar-refractivity contribution is -0.122. The maximum absolute atomic E-state index is 11.8. The van der Waals surface area contributed by atoms with Crippen LogP contribution in [0, 0.1) is 0 Å². The van der Waals surface area contributed by atoms with E-state index in [0.29, 0.717) is 0 Å². The maximum Gasteiger partial charge on any atom is 0.347 e. The van der Waals surface area contributed by atoms with Gasteiger partial charge in [-0.2, -0.15) is 0 Å². The first kappa shape index (κ1) is 12.8. The SMILES string of the molecule is O=C(Cn1cccnc1=O)NC1CCCCCC1. The summed E-state index contributed by atoms with van der Waals surface area (Å²) in [4.78, 5) is 26.8. The van der Waals surface area contributed by atoms with Crippen LogP contribution in [0.1, 0.15) is 38.5 Å². The van der Waals surface area contributed by atoms with Crippen LogP contribution in [0.3, 0.4) is 0 Å². The number of hydrogen-bond acceptors (Lipinski definition) is 3. The molecule has 98 valence electrons. The molecule has 0 spiro atoms. The molecule has 5 nitrogen and oxygen atoms in total. The molecule has 18 heavy (non-hydrogen) atoms. The number of amides is 1. The molecule has 1 fully saturated rings. The van der Waals surface area contributed by atoms with Crippen molar-refractivity contribution in [2.45, 2.75) is 51.1 Å². The summed E-state index contributed by atoms with van der Waals surface area (Å²) in [6, 6.07) is 1.92. The minimum Gasteiger partial charge on any atom is -0.352 e. The first-order valence-electron chi connectivity index (χ1n) is 6.56. The normalized spacial score (nSPS) is 17.1. The highest BCUT2D eigenvalue weighted by atomic mass is 16.2. The predicted molar refractivity (Wildman–Crippen MR) is 68.1 cm³/mol. The summed E-state index contributed by atoms with van der Waals surface area (Å²) in [5.74, 6) is -0.1000. The zero-order valence-electron chi connectivity index (χ0n) is 10.5. The van der Waals surface area contributed by atoms with Crippen LogP contribution in [-0.2, 0) is 11.3 Å². The average Bonchev–Trinajstić information content (AvgIpc) is 2.61. The second-order valence-corrected chi connectivity index (χ2v) is 4.79. The largest absolute Gasteiger partial charge is 0.352 e. The summed E-state index contributed by atoms with van der Waals surface area (Å²) >= 11 is 0. The summed E-state index contributed by atoms with van der Waals surface area (Å²) in [5, 5.41) is 3.01. The predicted octanol–water partition coefficient (Wildman–Crippen LogP) is 1.08. The van der Waals surface area contributed by atoms with E-state index in [2.05, 4.69) is 10.3 Å². The molecule has 0 saturated heterocycles. The van der Waals surface area contributed by atoms with Crippen LogP contribution in [0.4, 0.5) is 0 Å². The molecule has 1 aromatic heterocycles. The fourth-order valence-electron chi connectivity index (χ4n) is 2.36. The number of carbonyl (C=O) groups is 1. The van der Waals surface area contributed by atoms with Gasteiger partial charge in [0.15, 0.2) is 0 Å². The minimum absolute atomic E-state index is 0.0587. The molecule has 0 radical (unpaired) electrons. The summed E-state index contributed by atoms with van der Waals surface area (Å²) in [7, 11) is 0. The monoisotopic (exact) mass is 249 g/mol. The zero-order valence-corrected chi connectivity index (χ0v) is 10.5. The van der Waals surface area contributed by atoms with E-state index >= 15 is 0 Å². The first-order chi connectivity index (χ1) is 8.75. The summed E-state index contributed by atoms with van der Waals surface area (Å²) in [6.07, 6.45) is 9.99. The van der Waals surface area contributed by atoms with Crippen LogP contribution in [0.25, 0.3) is 0 Å². The standard InChI is InChI=1S/C13H19N3O2/c17-12(10-16-9-5-8-14-13(16)18)15-11-6-3-1-2-4-7-11/h5,8-9,11H,1-4,6-7,10H2,(H,15,17). The van der Waals surface area contributed by atoms with Crippen molar-refractivity contribution in [3.63, 3.8) is 0 Å².